The third-order valence-electron chi connectivity index (χ3n) is 9.34. The molecular formula is C45H27N3OS. The number of hydrogen-bond donors (Lipinski definition) is 0. The molecule has 5 heteroatoms. The zero-order chi connectivity index (χ0) is 33.0. The van der Waals surface area contributed by atoms with E-state index in [1.54, 1.807) is 0 Å². The van der Waals surface area contributed by atoms with Crippen molar-refractivity contribution in [2.24, 2.45) is 0 Å². The molecule has 0 aliphatic heterocycles. The van der Waals surface area contributed by atoms with Crippen LogP contribution in [0, 0.1) is 0 Å². The quantitative estimate of drug-likeness (QED) is 0.185. The van der Waals surface area contributed by atoms with Gasteiger partial charge in [-0.25, -0.2) is 15.0 Å². The van der Waals surface area contributed by atoms with Crippen molar-refractivity contribution in [2.45, 2.75) is 0 Å². The van der Waals surface area contributed by atoms with Crippen LogP contribution in [0.5, 0.6) is 0 Å². The minimum absolute atomic E-state index is 0.571. The highest BCUT2D eigenvalue weighted by Gasteiger charge is 2.21. The van der Waals surface area contributed by atoms with Crippen LogP contribution in [0.4, 0.5) is 0 Å². The number of aromatic nitrogens is 3. The van der Waals surface area contributed by atoms with Crippen LogP contribution < -0.4 is 0 Å². The van der Waals surface area contributed by atoms with Gasteiger partial charge >= 0.3 is 0 Å². The normalized spacial score (nSPS) is 11.6. The van der Waals surface area contributed by atoms with E-state index in [2.05, 4.69) is 97.1 Å². The SMILES string of the molecule is c1ccc(-c2cc(-c3cccc4c3oc3c(-c5nc(-c6ccccc6)nc(-c6ccccc6)n5)cccc34)c3c(c2)sc2ccccc23)cc1. The van der Waals surface area contributed by atoms with Gasteiger partial charge in [0.05, 0.1) is 5.56 Å². The Kier molecular flexibility index (Phi) is 6.64. The molecule has 0 fully saturated rings. The molecule has 50 heavy (non-hydrogen) atoms. The predicted molar refractivity (Wildman–Crippen MR) is 207 cm³/mol. The fraction of sp³-hybridized carbons (Fsp3) is 0. The van der Waals surface area contributed by atoms with Crippen molar-refractivity contribution in [3.63, 3.8) is 0 Å². The molecule has 0 saturated carbocycles. The molecule has 4 nitrogen and oxygen atoms in total. The van der Waals surface area contributed by atoms with E-state index in [4.69, 9.17) is 19.4 Å². The topological polar surface area (TPSA) is 51.8 Å². The summed E-state index contributed by atoms with van der Waals surface area (Å²) in [6, 6.07) is 56.8. The molecule has 3 aromatic heterocycles. The minimum atomic E-state index is 0.571. The lowest BCUT2D eigenvalue weighted by Crippen LogP contribution is -2.00. The first-order valence-corrected chi connectivity index (χ1v) is 17.4. The van der Waals surface area contributed by atoms with Crippen molar-refractivity contribution < 1.29 is 4.42 Å². The van der Waals surface area contributed by atoms with Crippen molar-refractivity contribution >= 4 is 53.4 Å². The zero-order valence-corrected chi connectivity index (χ0v) is 27.6. The zero-order valence-electron chi connectivity index (χ0n) is 26.7. The number of rotatable bonds is 5. The number of hydrogen-bond acceptors (Lipinski definition) is 5. The molecule has 0 bridgehead atoms. The van der Waals surface area contributed by atoms with Gasteiger partial charge in [0.1, 0.15) is 11.2 Å². The predicted octanol–water partition coefficient (Wildman–Crippen LogP) is 12.5. The molecule has 234 valence electrons. The molecule has 0 saturated heterocycles. The average Bonchev–Trinajstić information content (AvgIpc) is 3.77. The lowest BCUT2D eigenvalue weighted by molar-refractivity contribution is 0.670. The van der Waals surface area contributed by atoms with E-state index >= 15 is 0 Å². The third kappa shape index (κ3) is 4.71. The van der Waals surface area contributed by atoms with Crippen molar-refractivity contribution in [1.82, 2.24) is 15.0 Å². The van der Waals surface area contributed by atoms with Crippen LogP contribution in [0.3, 0.4) is 0 Å². The first kappa shape index (κ1) is 28.6. The van der Waals surface area contributed by atoms with Crippen LogP contribution in [0.2, 0.25) is 0 Å². The van der Waals surface area contributed by atoms with E-state index in [0.29, 0.717) is 17.5 Å². The Morgan fingerprint density at radius 3 is 1.54 bits per heavy atom. The summed E-state index contributed by atoms with van der Waals surface area (Å²) in [6.45, 7) is 0. The highest BCUT2D eigenvalue weighted by Crippen LogP contribution is 2.46. The average molecular weight is 658 g/mol. The number of fused-ring (bicyclic) bond motifs is 6. The van der Waals surface area contributed by atoms with Gasteiger partial charge in [-0.05, 0) is 41.0 Å². The monoisotopic (exact) mass is 657 g/mol. The van der Waals surface area contributed by atoms with Gasteiger partial charge in [-0.1, -0.05) is 140 Å². The van der Waals surface area contributed by atoms with Gasteiger partial charge in [-0.3, -0.25) is 0 Å². The number of benzene rings is 7. The van der Waals surface area contributed by atoms with Gasteiger partial charge in [0.15, 0.2) is 17.5 Å². The summed E-state index contributed by atoms with van der Waals surface area (Å²) in [5, 5.41) is 4.57. The smallest absolute Gasteiger partial charge is 0.167 e. The third-order valence-corrected chi connectivity index (χ3v) is 10.5. The second-order valence-corrected chi connectivity index (χ2v) is 13.4. The fourth-order valence-corrected chi connectivity index (χ4v) is 8.17. The maximum absolute atomic E-state index is 7.00. The largest absolute Gasteiger partial charge is 0.455 e. The summed E-state index contributed by atoms with van der Waals surface area (Å²) >= 11 is 1.84. The summed E-state index contributed by atoms with van der Waals surface area (Å²) in [5.74, 6) is 1.81. The van der Waals surface area contributed by atoms with Crippen LogP contribution in [0.15, 0.2) is 168 Å². The van der Waals surface area contributed by atoms with Crippen LogP contribution in [-0.4, -0.2) is 15.0 Å². The molecule has 3 heterocycles. The molecule has 0 spiro atoms. The van der Waals surface area contributed by atoms with E-state index in [1.165, 1.54) is 31.3 Å². The Bertz CT molecular complexity index is 2800. The second-order valence-electron chi connectivity index (χ2n) is 12.4. The summed E-state index contributed by atoms with van der Waals surface area (Å²) in [5.41, 5.74) is 8.86. The highest BCUT2D eigenvalue weighted by molar-refractivity contribution is 7.26. The van der Waals surface area contributed by atoms with Crippen molar-refractivity contribution in [3.05, 3.63) is 164 Å². The molecule has 10 rings (SSSR count). The molecule has 0 amide bonds. The molecule has 7 aromatic carbocycles. The van der Waals surface area contributed by atoms with E-state index in [1.807, 2.05) is 78.1 Å². The Labute approximate surface area is 292 Å². The van der Waals surface area contributed by atoms with Crippen LogP contribution >= 0.6 is 11.3 Å². The lowest BCUT2D eigenvalue weighted by Gasteiger charge is -2.10. The summed E-state index contributed by atoms with van der Waals surface area (Å²) in [7, 11) is 0. The van der Waals surface area contributed by atoms with Gasteiger partial charge < -0.3 is 4.42 Å². The van der Waals surface area contributed by atoms with Gasteiger partial charge in [0, 0.05) is 47.6 Å². The Balaban J connectivity index is 1.23. The standard InChI is InChI=1S/C45H27N3OS/c1-4-14-28(15-5-1)31-26-37(40-35-20-10-11-25-38(35)50-39(40)27-31)34-23-12-21-32-33-22-13-24-36(42(33)49-41(32)34)45-47-43(29-16-6-2-7-17-29)46-44(48-45)30-18-8-3-9-19-30/h1-27H. The van der Waals surface area contributed by atoms with Gasteiger partial charge in [0.25, 0.3) is 0 Å². The first-order valence-electron chi connectivity index (χ1n) is 16.6. The Hall–Kier alpha value is -6.43. The molecule has 10 aromatic rings. The summed E-state index contributed by atoms with van der Waals surface area (Å²) in [4.78, 5) is 15.0. The number of para-hydroxylation sites is 2. The maximum atomic E-state index is 7.00. The van der Waals surface area contributed by atoms with Gasteiger partial charge in [-0.2, -0.15) is 0 Å². The molecule has 0 aliphatic carbocycles. The molecular weight excluding hydrogens is 631 g/mol. The van der Waals surface area contributed by atoms with E-state index in [9.17, 15) is 0 Å². The molecule has 0 N–H and O–H groups in total. The van der Waals surface area contributed by atoms with E-state index < -0.39 is 0 Å². The molecule has 0 aliphatic rings. The van der Waals surface area contributed by atoms with Crippen molar-refractivity contribution in [1.29, 1.82) is 0 Å². The van der Waals surface area contributed by atoms with E-state index in [0.717, 1.165) is 49.8 Å². The van der Waals surface area contributed by atoms with Crippen LogP contribution in [0.1, 0.15) is 0 Å². The van der Waals surface area contributed by atoms with E-state index in [-0.39, 0.29) is 0 Å². The van der Waals surface area contributed by atoms with Gasteiger partial charge in [-0.15, -0.1) is 11.3 Å². The summed E-state index contributed by atoms with van der Waals surface area (Å²) < 4.78 is 9.52. The van der Waals surface area contributed by atoms with Crippen molar-refractivity contribution in [2.75, 3.05) is 0 Å². The fourth-order valence-electron chi connectivity index (χ4n) is 7.00. The number of thiophene rings is 1. The first-order chi connectivity index (χ1) is 24.8. The highest BCUT2D eigenvalue weighted by atomic mass is 32.1. The van der Waals surface area contributed by atoms with Crippen LogP contribution in [0.25, 0.3) is 98.5 Å². The van der Waals surface area contributed by atoms with Crippen molar-refractivity contribution in [3.8, 4) is 56.4 Å². The minimum Gasteiger partial charge on any atom is -0.455 e. The summed E-state index contributed by atoms with van der Waals surface area (Å²) in [6.07, 6.45) is 0. The Morgan fingerprint density at radius 2 is 0.880 bits per heavy atom. The Morgan fingerprint density at radius 1 is 0.360 bits per heavy atom. The van der Waals surface area contributed by atoms with Gasteiger partial charge in [0.2, 0.25) is 0 Å². The number of furan rings is 1. The molecule has 0 radical (unpaired) electrons. The molecule has 0 atom stereocenters. The number of nitrogens with zero attached hydrogens (tertiary/aromatic N) is 3. The van der Waals surface area contributed by atoms with Crippen LogP contribution in [-0.2, 0) is 0 Å². The lowest BCUT2D eigenvalue weighted by atomic mass is 9.93. The maximum Gasteiger partial charge on any atom is 0.167 e. The molecule has 0 unspecified atom stereocenters. The second kappa shape index (κ2) is 11.6.